The molecule has 10 heteroatoms. The van der Waals surface area contributed by atoms with Gasteiger partial charge in [-0.25, -0.2) is 12.7 Å². The van der Waals surface area contributed by atoms with E-state index in [-0.39, 0.29) is 11.4 Å². The van der Waals surface area contributed by atoms with Gasteiger partial charge in [-0.1, -0.05) is 18.2 Å². The number of carbonyl (C=O) groups excluding carboxylic acids is 1. The SMILES string of the molecule is Cc1ccc(S(=O)(=O)N(C)C)cc1NC(=O)CN[C@H](C)c1cccc(C(F)(F)F)c1. The monoisotopic (exact) mass is 443 g/mol. The lowest BCUT2D eigenvalue weighted by Crippen LogP contribution is -2.30. The molecule has 1 atom stereocenters. The summed E-state index contributed by atoms with van der Waals surface area (Å²) in [5.74, 6) is -0.448. The highest BCUT2D eigenvalue weighted by Gasteiger charge is 2.30. The molecule has 0 saturated carbocycles. The van der Waals surface area contributed by atoms with Crippen molar-refractivity contribution in [3.63, 3.8) is 0 Å². The third-order valence-electron chi connectivity index (χ3n) is 4.54. The Hall–Kier alpha value is -2.43. The maximum Gasteiger partial charge on any atom is 0.416 e. The molecular weight excluding hydrogens is 419 g/mol. The summed E-state index contributed by atoms with van der Waals surface area (Å²) in [6, 6.07) is 8.80. The average molecular weight is 443 g/mol. The van der Waals surface area contributed by atoms with Crippen molar-refractivity contribution >= 4 is 21.6 Å². The minimum absolute atomic E-state index is 0.0405. The first kappa shape index (κ1) is 23.8. The predicted octanol–water partition coefficient (Wildman–Crippen LogP) is 3.55. The number of carbonyl (C=O) groups is 1. The molecule has 2 N–H and O–H groups in total. The Morgan fingerprint density at radius 2 is 1.80 bits per heavy atom. The first-order valence-corrected chi connectivity index (χ1v) is 10.5. The molecule has 0 fully saturated rings. The molecule has 30 heavy (non-hydrogen) atoms. The van der Waals surface area contributed by atoms with Crippen molar-refractivity contribution in [2.75, 3.05) is 26.0 Å². The van der Waals surface area contributed by atoms with Gasteiger partial charge in [0.2, 0.25) is 15.9 Å². The van der Waals surface area contributed by atoms with Crippen molar-refractivity contribution < 1.29 is 26.4 Å². The molecule has 2 rings (SSSR count). The fraction of sp³-hybridized carbons (Fsp3) is 0.350. The summed E-state index contributed by atoms with van der Waals surface area (Å²) in [5, 5.41) is 5.51. The number of alkyl halides is 3. The quantitative estimate of drug-likeness (QED) is 0.686. The molecule has 0 saturated heterocycles. The summed E-state index contributed by atoms with van der Waals surface area (Å²) in [5.41, 5.74) is 0.656. The number of hydrogen-bond donors (Lipinski definition) is 2. The molecular formula is C20H24F3N3O3S. The Labute approximate surface area is 174 Å². The van der Waals surface area contributed by atoms with Crippen LogP contribution in [0.3, 0.4) is 0 Å². The van der Waals surface area contributed by atoms with Crippen LogP contribution in [0.25, 0.3) is 0 Å². The molecule has 0 aliphatic carbocycles. The highest BCUT2D eigenvalue weighted by Crippen LogP contribution is 2.30. The van der Waals surface area contributed by atoms with E-state index in [4.69, 9.17) is 0 Å². The number of sulfonamides is 1. The molecule has 0 aromatic heterocycles. The second-order valence-corrected chi connectivity index (χ2v) is 9.19. The van der Waals surface area contributed by atoms with Gasteiger partial charge >= 0.3 is 6.18 Å². The standard InChI is InChI=1S/C20H24F3N3O3S/c1-13-8-9-17(30(28,29)26(3)4)11-18(13)25-19(27)12-24-14(2)15-6-5-7-16(10-15)20(21,22)23/h5-11,14,24H,12H2,1-4H3,(H,25,27)/t14-/m1/s1. The van der Waals surface area contributed by atoms with Crippen molar-refractivity contribution in [2.24, 2.45) is 0 Å². The number of hydrogen-bond acceptors (Lipinski definition) is 4. The zero-order valence-corrected chi connectivity index (χ0v) is 17.9. The summed E-state index contributed by atoms with van der Waals surface area (Å²) >= 11 is 0. The van der Waals surface area contributed by atoms with Crippen molar-refractivity contribution in [1.29, 1.82) is 0 Å². The molecule has 1 amide bonds. The normalized spacial score (nSPS) is 13.3. The Bertz CT molecular complexity index is 1020. The molecule has 2 aromatic carbocycles. The van der Waals surface area contributed by atoms with E-state index in [1.165, 1.54) is 32.3 Å². The van der Waals surface area contributed by atoms with Crippen molar-refractivity contribution in [3.8, 4) is 0 Å². The molecule has 0 heterocycles. The second kappa shape index (κ2) is 9.15. The fourth-order valence-corrected chi connectivity index (χ4v) is 3.58. The lowest BCUT2D eigenvalue weighted by molar-refractivity contribution is -0.137. The van der Waals surface area contributed by atoms with Gasteiger partial charge < -0.3 is 10.6 Å². The Kier molecular flexibility index (Phi) is 7.27. The van der Waals surface area contributed by atoms with Gasteiger partial charge in [-0.2, -0.15) is 13.2 Å². The zero-order chi connectivity index (χ0) is 22.7. The van der Waals surface area contributed by atoms with Gasteiger partial charge in [0.1, 0.15) is 0 Å². The Morgan fingerprint density at radius 3 is 2.40 bits per heavy atom. The van der Waals surface area contributed by atoms with Gasteiger partial charge in [-0.15, -0.1) is 0 Å². The summed E-state index contributed by atoms with van der Waals surface area (Å²) in [6.07, 6.45) is -4.44. The Morgan fingerprint density at radius 1 is 1.13 bits per heavy atom. The van der Waals surface area contributed by atoms with Crippen LogP contribution in [0.4, 0.5) is 18.9 Å². The number of nitrogens with zero attached hydrogens (tertiary/aromatic N) is 1. The molecule has 0 radical (unpaired) electrons. The smallest absolute Gasteiger partial charge is 0.325 e. The number of halogens is 3. The van der Waals surface area contributed by atoms with Gasteiger partial charge in [0.05, 0.1) is 17.0 Å². The second-order valence-electron chi connectivity index (χ2n) is 7.04. The number of nitrogens with one attached hydrogen (secondary N) is 2. The van der Waals surface area contributed by atoms with Crippen LogP contribution in [0, 0.1) is 6.92 Å². The highest BCUT2D eigenvalue weighted by molar-refractivity contribution is 7.89. The van der Waals surface area contributed by atoms with Crippen LogP contribution in [0.2, 0.25) is 0 Å². The Balaban J connectivity index is 2.06. The summed E-state index contributed by atoms with van der Waals surface area (Å²) in [4.78, 5) is 12.3. The third kappa shape index (κ3) is 5.80. The van der Waals surface area contributed by atoms with Gasteiger partial charge in [0.25, 0.3) is 0 Å². The number of aryl methyl sites for hydroxylation is 1. The molecule has 0 unspecified atom stereocenters. The van der Waals surface area contributed by atoms with Crippen LogP contribution in [0.1, 0.15) is 29.7 Å². The number of rotatable bonds is 7. The van der Waals surface area contributed by atoms with Gasteiger partial charge in [-0.05, 0) is 49.2 Å². The predicted molar refractivity (Wildman–Crippen MR) is 109 cm³/mol. The molecule has 6 nitrogen and oxygen atoms in total. The van der Waals surface area contributed by atoms with E-state index in [2.05, 4.69) is 10.6 Å². The number of benzene rings is 2. The molecule has 0 aliphatic heterocycles. The van der Waals surface area contributed by atoms with E-state index >= 15 is 0 Å². The van der Waals surface area contributed by atoms with Crippen LogP contribution in [-0.2, 0) is 21.0 Å². The van der Waals surface area contributed by atoms with Gasteiger partial charge in [0.15, 0.2) is 0 Å². The van der Waals surface area contributed by atoms with Crippen molar-refractivity contribution in [2.45, 2.75) is 31.0 Å². The summed E-state index contributed by atoms with van der Waals surface area (Å²) in [7, 11) is -0.837. The molecule has 2 aromatic rings. The van der Waals surface area contributed by atoms with Crippen LogP contribution < -0.4 is 10.6 Å². The maximum absolute atomic E-state index is 12.9. The minimum atomic E-state index is -4.44. The van der Waals surface area contributed by atoms with Gasteiger partial charge in [-0.3, -0.25) is 4.79 Å². The topological polar surface area (TPSA) is 78.5 Å². The van der Waals surface area contributed by atoms with Gasteiger partial charge in [0, 0.05) is 25.8 Å². The van der Waals surface area contributed by atoms with Crippen molar-refractivity contribution in [3.05, 3.63) is 59.2 Å². The lowest BCUT2D eigenvalue weighted by Gasteiger charge is -2.17. The van der Waals surface area contributed by atoms with Crippen LogP contribution in [-0.4, -0.2) is 39.3 Å². The summed E-state index contributed by atoms with van der Waals surface area (Å²) in [6.45, 7) is 3.21. The fourth-order valence-electron chi connectivity index (χ4n) is 2.65. The molecule has 0 aliphatic rings. The summed E-state index contributed by atoms with van der Waals surface area (Å²) < 4.78 is 64.2. The van der Waals surface area contributed by atoms with Crippen LogP contribution >= 0.6 is 0 Å². The van der Waals surface area contributed by atoms with E-state index in [0.717, 1.165) is 16.4 Å². The van der Waals surface area contributed by atoms with E-state index in [1.54, 1.807) is 26.0 Å². The molecule has 0 spiro atoms. The minimum Gasteiger partial charge on any atom is -0.325 e. The average Bonchev–Trinajstić information content (AvgIpc) is 2.67. The molecule has 0 bridgehead atoms. The highest BCUT2D eigenvalue weighted by atomic mass is 32.2. The first-order valence-electron chi connectivity index (χ1n) is 9.06. The van der Waals surface area contributed by atoms with E-state index < -0.39 is 33.7 Å². The number of anilines is 1. The van der Waals surface area contributed by atoms with Crippen LogP contribution in [0.5, 0.6) is 0 Å². The van der Waals surface area contributed by atoms with Crippen LogP contribution in [0.15, 0.2) is 47.4 Å². The largest absolute Gasteiger partial charge is 0.416 e. The lowest BCUT2D eigenvalue weighted by atomic mass is 10.0. The third-order valence-corrected chi connectivity index (χ3v) is 6.36. The zero-order valence-electron chi connectivity index (χ0n) is 17.0. The van der Waals surface area contributed by atoms with E-state index in [9.17, 15) is 26.4 Å². The van der Waals surface area contributed by atoms with E-state index in [0.29, 0.717) is 16.8 Å². The maximum atomic E-state index is 12.9. The first-order chi connectivity index (χ1) is 13.8. The molecule has 164 valence electrons. The van der Waals surface area contributed by atoms with Crippen molar-refractivity contribution in [1.82, 2.24) is 9.62 Å². The van der Waals surface area contributed by atoms with E-state index in [1.807, 2.05) is 0 Å². The number of amides is 1.